The lowest BCUT2D eigenvalue weighted by molar-refractivity contribution is 0.0177. The third-order valence-electron chi connectivity index (χ3n) is 4.32. The number of piperidine rings is 1. The number of H-pyrrole nitrogens is 1. The van der Waals surface area contributed by atoms with Crippen LogP contribution >= 0.6 is 0 Å². The monoisotopic (exact) mass is 299 g/mol. The molecule has 0 radical (unpaired) electrons. The van der Waals surface area contributed by atoms with Gasteiger partial charge in [0, 0.05) is 19.8 Å². The van der Waals surface area contributed by atoms with E-state index in [9.17, 15) is 5.11 Å². The number of nitrogens with zero attached hydrogens (tertiary/aromatic N) is 6. The molecular weight excluding hydrogens is 282 g/mol. The summed E-state index contributed by atoms with van der Waals surface area (Å²) in [5.74, 6) is 0. The normalized spacial score (nSPS) is 22.4. The summed E-state index contributed by atoms with van der Waals surface area (Å²) in [6.07, 6.45) is 6.75. The van der Waals surface area contributed by atoms with Crippen LogP contribution in [0.1, 0.15) is 18.5 Å². The van der Waals surface area contributed by atoms with E-state index in [2.05, 4.69) is 30.4 Å². The molecule has 114 valence electrons. The summed E-state index contributed by atoms with van der Waals surface area (Å²) in [4.78, 5) is 6.54. The number of aromatic amines is 1. The van der Waals surface area contributed by atoms with Crippen molar-refractivity contribution in [2.24, 2.45) is 7.05 Å². The second kappa shape index (κ2) is 4.77. The molecule has 1 aliphatic rings. The molecule has 4 heterocycles. The fourth-order valence-corrected chi connectivity index (χ4v) is 3.19. The quantitative estimate of drug-likeness (QED) is 0.718. The van der Waals surface area contributed by atoms with Crippen LogP contribution in [-0.2, 0) is 12.6 Å². The third-order valence-corrected chi connectivity index (χ3v) is 4.32. The summed E-state index contributed by atoms with van der Waals surface area (Å²) in [6, 6.07) is 1.97. The predicted molar refractivity (Wildman–Crippen MR) is 80.2 cm³/mol. The molecule has 0 amide bonds. The van der Waals surface area contributed by atoms with E-state index in [1.54, 1.807) is 17.1 Å². The van der Waals surface area contributed by atoms with Gasteiger partial charge in [-0.1, -0.05) is 0 Å². The first kappa shape index (κ1) is 13.2. The predicted octanol–water partition coefficient (Wildman–Crippen LogP) is 0.574. The zero-order valence-corrected chi connectivity index (χ0v) is 12.3. The lowest BCUT2D eigenvalue weighted by Crippen LogP contribution is -2.46. The maximum absolute atomic E-state index is 10.9. The number of aromatic nitrogens is 6. The SMILES string of the molecule is Cn1ncc2c(N3CCCC(O)(c4cn[nH]n4)C3)ccnc21. The average molecular weight is 299 g/mol. The topological polar surface area (TPSA) is 95.8 Å². The summed E-state index contributed by atoms with van der Waals surface area (Å²) >= 11 is 0. The van der Waals surface area contributed by atoms with E-state index in [1.165, 1.54) is 0 Å². The van der Waals surface area contributed by atoms with Crippen LogP contribution in [0.15, 0.2) is 24.7 Å². The Morgan fingerprint density at radius 2 is 2.27 bits per heavy atom. The Hall–Kier alpha value is -2.48. The van der Waals surface area contributed by atoms with Gasteiger partial charge in [0.2, 0.25) is 0 Å². The number of β-amino-alcohol motifs (C(OH)–C–C–N with tert-alkyl or cyclic N) is 1. The fourth-order valence-electron chi connectivity index (χ4n) is 3.19. The van der Waals surface area contributed by atoms with Gasteiger partial charge in [0.1, 0.15) is 11.3 Å². The third kappa shape index (κ3) is 1.95. The number of rotatable bonds is 2. The van der Waals surface area contributed by atoms with Crippen LogP contribution < -0.4 is 4.90 Å². The minimum absolute atomic E-state index is 0.480. The van der Waals surface area contributed by atoms with Gasteiger partial charge >= 0.3 is 0 Å². The van der Waals surface area contributed by atoms with Gasteiger partial charge in [-0.2, -0.15) is 20.5 Å². The lowest BCUT2D eigenvalue weighted by Gasteiger charge is -2.39. The number of fused-ring (bicyclic) bond motifs is 1. The largest absolute Gasteiger partial charge is 0.382 e. The first-order valence-corrected chi connectivity index (χ1v) is 7.28. The minimum Gasteiger partial charge on any atom is -0.382 e. The van der Waals surface area contributed by atoms with Crippen LogP contribution in [-0.4, -0.2) is 48.4 Å². The molecule has 8 heteroatoms. The van der Waals surface area contributed by atoms with Crippen molar-refractivity contribution in [3.63, 3.8) is 0 Å². The molecule has 0 aromatic carbocycles. The molecule has 8 nitrogen and oxygen atoms in total. The van der Waals surface area contributed by atoms with E-state index < -0.39 is 5.60 Å². The van der Waals surface area contributed by atoms with Gasteiger partial charge in [-0.25, -0.2) is 4.98 Å². The molecule has 2 N–H and O–H groups in total. The van der Waals surface area contributed by atoms with Crippen molar-refractivity contribution in [1.82, 2.24) is 30.2 Å². The minimum atomic E-state index is -0.983. The van der Waals surface area contributed by atoms with Crippen molar-refractivity contribution < 1.29 is 5.11 Å². The van der Waals surface area contributed by atoms with Crippen LogP contribution in [0.25, 0.3) is 11.0 Å². The van der Waals surface area contributed by atoms with Crippen LogP contribution in [0.3, 0.4) is 0 Å². The van der Waals surface area contributed by atoms with Crippen molar-refractivity contribution in [2.75, 3.05) is 18.0 Å². The molecule has 1 saturated heterocycles. The number of nitrogens with one attached hydrogen (secondary N) is 1. The van der Waals surface area contributed by atoms with E-state index in [0.29, 0.717) is 18.7 Å². The zero-order chi connectivity index (χ0) is 15.2. The van der Waals surface area contributed by atoms with Gasteiger partial charge in [0.05, 0.1) is 30.0 Å². The number of hydrogen-bond donors (Lipinski definition) is 2. The summed E-state index contributed by atoms with van der Waals surface area (Å²) in [7, 11) is 1.88. The molecule has 22 heavy (non-hydrogen) atoms. The fraction of sp³-hybridized carbons (Fsp3) is 0.429. The van der Waals surface area contributed by atoms with Gasteiger partial charge in [0.15, 0.2) is 5.65 Å². The summed E-state index contributed by atoms with van der Waals surface area (Å²) in [5, 5.41) is 26.7. The highest BCUT2D eigenvalue weighted by atomic mass is 16.3. The van der Waals surface area contributed by atoms with Crippen molar-refractivity contribution in [1.29, 1.82) is 0 Å². The van der Waals surface area contributed by atoms with Gasteiger partial charge in [-0.3, -0.25) is 4.68 Å². The Balaban J connectivity index is 1.73. The highest BCUT2D eigenvalue weighted by Gasteiger charge is 2.37. The number of pyridine rings is 1. The Morgan fingerprint density at radius 1 is 1.36 bits per heavy atom. The second-order valence-corrected chi connectivity index (χ2v) is 5.75. The number of anilines is 1. The molecule has 4 rings (SSSR count). The van der Waals surface area contributed by atoms with Crippen molar-refractivity contribution >= 4 is 16.7 Å². The molecule has 3 aromatic heterocycles. The molecule has 1 aliphatic heterocycles. The highest BCUT2D eigenvalue weighted by Crippen LogP contribution is 2.34. The summed E-state index contributed by atoms with van der Waals surface area (Å²) in [6.45, 7) is 1.36. The Labute approximate surface area is 126 Å². The molecule has 0 saturated carbocycles. The van der Waals surface area contributed by atoms with E-state index in [1.807, 2.05) is 19.3 Å². The van der Waals surface area contributed by atoms with Gasteiger partial charge in [-0.15, -0.1) is 0 Å². The molecule has 0 aliphatic carbocycles. The molecule has 1 fully saturated rings. The Bertz CT molecular complexity index is 797. The van der Waals surface area contributed by atoms with Crippen molar-refractivity contribution in [2.45, 2.75) is 18.4 Å². The van der Waals surface area contributed by atoms with Crippen molar-refractivity contribution in [3.05, 3.63) is 30.4 Å². The molecule has 3 aromatic rings. The van der Waals surface area contributed by atoms with Crippen LogP contribution in [0.4, 0.5) is 5.69 Å². The van der Waals surface area contributed by atoms with Crippen molar-refractivity contribution in [3.8, 4) is 0 Å². The Morgan fingerprint density at radius 3 is 3.09 bits per heavy atom. The molecule has 0 bridgehead atoms. The van der Waals surface area contributed by atoms with E-state index in [4.69, 9.17) is 0 Å². The summed E-state index contributed by atoms with van der Waals surface area (Å²) in [5.41, 5.74) is 1.49. The van der Waals surface area contributed by atoms with Gasteiger partial charge in [0.25, 0.3) is 0 Å². The molecule has 1 atom stereocenters. The van der Waals surface area contributed by atoms with Crippen LogP contribution in [0.5, 0.6) is 0 Å². The number of hydrogen-bond acceptors (Lipinski definition) is 6. The smallest absolute Gasteiger partial charge is 0.159 e. The second-order valence-electron chi connectivity index (χ2n) is 5.75. The van der Waals surface area contributed by atoms with E-state index in [-0.39, 0.29) is 0 Å². The maximum Gasteiger partial charge on any atom is 0.159 e. The average Bonchev–Trinajstić information content (AvgIpc) is 3.18. The molecule has 0 spiro atoms. The highest BCUT2D eigenvalue weighted by molar-refractivity contribution is 5.89. The lowest BCUT2D eigenvalue weighted by atomic mass is 9.89. The number of aliphatic hydroxyl groups is 1. The number of aryl methyl sites for hydroxylation is 1. The summed E-state index contributed by atoms with van der Waals surface area (Å²) < 4.78 is 1.76. The van der Waals surface area contributed by atoms with Crippen LogP contribution in [0, 0.1) is 0 Å². The first-order chi connectivity index (χ1) is 10.7. The zero-order valence-electron chi connectivity index (χ0n) is 12.3. The standard InChI is InChI=1S/C14H17N7O/c1-20-13-10(7-17-20)11(3-5-15-13)21-6-2-4-14(22,9-21)12-8-16-19-18-12/h3,5,7-8,22H,2,4,6,9H2,1H3,(H,16,18,19). The Kier molecular flexibility index (Phi) is 2.86. The van der Waals surface area contributed by atoms with E-state index >= 15 is 0 Å². The van der Waals surface area contributed by atoms with Gasteiger partial charge in [-0.05, 0) is 18.9 Å². The molecule has 1 unspecified atom stereocenters. The van der Waals surface area contributed by atoms with Crippen LogP contribution in [0.2, 0.25) is 0 Å². The van der Waals surface area contributed by atoms with E-state index in [0.717, 1.165) is 29.7 Å². The first-order valence-electron chi connectivity index (χ1n) is 7.28. The molecular formula is C14H17N7O. The van der Waals surface area contributed by atoms with Gasteiger partial charge < -0.3 is 10.0 Å². The maximum atomic E-state index is 10.9.